The van der Waals surface area contributed by atoms with Crippen LogP contribution in [0.1, 0.15) is 37.6 Å². The van der Waals surface area contributed by atoms with E-state index in [1.807, 2.05) is 19.9 Å². The molecule has 0 spiro atoms. The second-order valence-electron chi connectivity index (χ2n) is 7.80. The van der Waals surface area contributed by atoms with Gasteiger partial charge in [-0.2, -0.15) is 0 Å². The summed E-state index contributed by atoms with van der Waals surface area (Å²) in [6.07, 6.45) is 0.896. The summed E-state index contributed by atoms with van der Waals surface area (Å²) in [7, 11) is -3.73. The average molecular weight is 512 g/mol. The predicted molar refractivity (Wildman–Crippen MR) is 144 cm³/mol. The average Bonchev–Trinajstić information content (AvgIpc) is 2.85. The molecule has 1 amide bonds. The standard InChI is InChI=1S/C26H29N3O4S2/c1-4-19(3)33-23-13-9-10-20(18-23)25(30)28-26(34)27-21-14-16-24(17-15-21)35(31,32)29(5-2)22-11-7-6-8-12-22/h6-19H,4-5H2,1-3H3,(H2,27,28,30,34). The second kappa shape index (κ2) is 11.8. The molecule has 0 aliphatic rings. The van der Waals surface area contributed by atoms with Gasteiger partial charge in [-0.1, -0.05) is 31.2 Å². The first kappa shape index (κ1) is 26.2. The highest BCUT2D eigenvalue weighted by Crippen LogP contribution is 2.24. The lowest BCUT2D eigenvalue weighted by Gasteiger charge is -2.23. The number of carbonyl (C=O) groups excluding carboxylic acids is 1. The summed E-state index contributed by atoms with van der Waals surface area (Å²) in [5.41, 5.74) is 1.56. The van der Waals surface area contributed by atoms with E-state index in [9.17, 15) is 13.2 Å². The Morgan fingerprint density at radius 2 is 1.69 bits per heavy atom. The molecule has 3 aromatic rings. The molecule has 0 bridgehead atoms. The lowest BCUT2D eigenvalue weighted by atomic mass is 10.2. The molecule has 3 aromatic carbocycles. The molecule has 0 saturated heterocycles. The molecule has 0 radical (unpaired) electrons. The first-order chi connectivity index (χ1) is 16.7. The molecule has 0 aromatic heterocycles. The minimum atomic E-state index is -3.73. The first-order valence-electron chi connectivity index (χ1n) is 11.3. The van der Waals surface area contributed by atoms with Crippen LogP contribution >= 0.6 is 12.2 Å². The van der Waals surface area contributed by atoms with Gasteiger partial charge in [0.15, 0.2) is 5.11 Å². The van der Waals surface area contributed by atoms with Crippen molar-refractivity contribution in [3.05, 3.63) is 84.4 Å². The van der Waals surface area contributed by atoms with Gasteiger partial charge in [0.25, 0.3) is 15.9 Å². The maximum atomic E-state index is 13.1. The Morgan fingerprint density at radius 3 is 2.31 bits per heavy atom. The number of ether oxygens (including phenoxy) is 1. The predicted octanol–water partition coefficient (Wildman–Crippen LogP) is 5.21. The number of hydrogen-bond donors (Lipinski definition) is 2. The number of anilines is 2. The molecule has 1 unspecified atom stereocenters. The third kappa shape index (κ3) is 6.80. The quantitative estimate of drug-likeness (QED) is 0.384. The Hall–Kier alpha value is -3.43. The third-order valence-electron chi connectivity index (χ3n) is 5.27. The molecule has 0 saturated carbocycles. The zero-order valence-corrected chi connectivity index (χ0v) is 21.5. The van der Waals surface area contributed by atoms with Gasteiger partial charge < -0.3 is 10.1 Å². The van der Waals surface area contributed by atoms with Crippen molar-refractivity contribution in [2.45, 2.75) is 38.2 Å². The van der Waals surface area contributed by atoms with Gasteiger partial charge in [0.1, 0.15) is 5.75 Å². The summed E-state index contributed by atoms with van der Waals surface area (Å²) in [5.74, 6) is 0.233. The molecule has 1 atom stereocenters. The van der Waals surface area contributed by atoms with E-state index in [-0.39, 0.29) is 22.0 Å². The number of carbonyl (C=O) groups is 1. The Balaban J connectivity index is 1.65. The maximum absolute atomic E-state index is 13.1. The lowest BCUT2D eigenvalue weighted by molar-refractivity contribution is 0.0977. The number of para-hydroxylation sites is 1. The summed E-state index contributed by atoms with van der Waals surface area (Å²) in [5, 5.41) is 5.64. The van der Waals surface area contributed by atoms with Gasteiger partial charge in [-0.25, -0.2) is 8.42 Å². The molecule has 9 heteroatoms. The molecule has 7 nitrogen and oxygen atoms in total. The third-order valence-corrected chi connectivity index (χ3v) is 7.39. The van der Waals surface area contributed by atoms with Crippen molar-refractivity contribution in [1.29, 1.82) is 0 Å². The number of hydrogen-bond acceptors (Lipinski definition) is 5. The Labute approximate surface area is 212 Å². The van der Waals surface area contributed by atoms with Gasteiger partial charge in [0.2, 0.25) is 0 Å². The first-order valence-corrected chi connectivity index (χ1v) is 13.2. The van der Waals surface area contributed by atoms with E-state index in [4.69, 9.17) is 17.0 Å². The van der Waals surface area contributed by atoms with E-state index in [1.54, 1.807) is 67.6 Å². The smallest absolute Gasteiger partial charge is 0.264 e. The molecule has 0 heterocycles. The fourth-order valence-electron chi connectivity index (χ4n) is 3.29. The molecule has 35 heavy (non-hydrogen) atoms. The number of thiocarbonyl (C=S) groups is 1. The minimum Gasteiger partial charge on any atom is -0.491 e. The second-order valence-corrected chi connectivity index (χ2v) is 10.1. The molecule has 184 valence electrons. The van der Waals surface area contributed by atoms with E-state index in [1.165, 1.54) is 16.4 Å². The van der Waals surface area contributed by atoms with Crippen LogP contribution in [0.5, 0.6) is 5.75 Å². The largest absolute Gasteiger partial charge is 0.491 e. The molecule has 2 N–H and O–H groups in total. The molecular weight excluding hydrogens is 482 g/mol. The van der Waals surface area contributed by atoms with Crippen LogP contribution in [-0.2, 0) is 10.0 Å². The van der Waals surface area contributed by atoms with Crippen LogP contribution in [0.25, 0.3) is 0 Å². The van der Waals surface area contributed by atoms with Crippen LogP contribution < -0.4 is 19.7 Å². The van der Waals surface area contributed by atoms with Crippen molar-refractivity contribution < 1.29 is 17.9 Å². The summed E-state index contributed by atoms with van der Waals surface area (Å²) in [6.45, 7) is 6.07. The highest BCUT2D eigenvalue weighted by molar-refractivity contribution is 7.92. The van der Waals surface area contributed by atoms with E-state index in [2.05, 4.69) is 10.6 Å². The van der Waals surface area contributed by atoms with Gasteiger partial charge in [-0.15, -0.1) is 0 Å². The number of amides is 1. The van der Waals surface area contributed by atoms with Crippen LogP contribution in [0.15, 0.2) is 83.8 Å². The van der Waals surface area contributed by atoms with E-state index in [0.717, 1.165) is 6.42 Å². The fourth-order valence-corrected chi connectivity index (χ4v) is 4.97. The van der Waals surface area contributed by atoms with Crippen molar-refractivity contribution in [3.8, 4) is 5.75 Å². The highest BCUT2D eigenvalue weighted by atomic mass is 32.2. The SMILES string of the molecule is CCC(C)Oc1cccc(C(=O)NC(=S)Nc2ccc(S(=O)(=O)N(CC)c3ccccc3)cc2)c1. The number of sulfonamides is 1. The molecule has 0 fully saturated rings. The van der Waals surface area contributed by atoms with Crippen molar-refractivity contribution >= 4 is 44.6 Å². The van der Waals surface area contributed by atoms with Crippen LogP contribution in [0.4, 0.5) is 11.4 Å². The lowest BCUT2D eigenvalue weighted by Crippen LogP contribution is -2.34. The summed E-state index contributed by atoms with van der Waals surface area (Å²) >= 11 is 5.26. The highest BCUT2D eigenvalue weighted by Gasteiger charge is 2.23. The van der Waals surface area contributed by atoms with Crippen molar-refractivity contribution in [1.82, 2.24) is 5.32 Å². The van der Waals surface area contributed by atoms with Gasteiger partial charge in [-0.3, -0.25) is 14.4 Å². The number of nitrogens with zero attached hydrogens (tertiary/aromatic N) is 1. The number of rotatable bonds is 9. The van der Waals surface area contributed by atoms with Crippen LogP contribution in [-0.4, -0.2) is 32.1 Å². The van der Waals surface area contributed by atoms with E-state index in [0.29, 0.717) is 29.2 Å². The van der Waals surface area contributed by atoms with Gasteiger partial charge in [0, 0.05) is 17.8 Å². The normalized spacial score (nSPS) is 11.9. The van der Waals surface area contributed by atoms with Crippen molar-refractivity contribution in [2.24, 2.45) is 0 Å². The summed E-state index contributed by atoms with van der Waals surface area (Å²) < 4.78 is 33.4. The van der Waals surface area contributed by atoms with Gasteiger partial charge >= 0.3 is 0 Å². The zero-order chi connectivity index (χ0) is 25.4. The molecule has 3 rings (SSSR count). The van der Waals surface area contributed by atoms with Crippen molar-refractivity contribution in [3.63, 3.8) is 0 Å². The number of benzene rings is 3. The fraction of sp³-hybridized carbons (Fsp3) is 0.231. The van der Waals surface area contributed by atoms with Crippen LogP contribution in [0.2, 0.25) is 0 Å². The summed E-state index contributed by atoms with van der Waals surface area (Å²) in [4.78, 5) is 12.8. The minimum absolute atomic E-state index is 0.0416. The van der Waals surface area contributed by atoms with Gasteiger partial charge in [-0.05, 0) is 87.1 Å². The molecule has 0 aliphatic heterocycles. The molecular formula is C26H29N3O4S2. The van der Waals surface area contributed by atoms with Gasteiger partial charge in [0.05, 0.1) is 16.7 Å². The summed E-state index contributed by atoms with van der Waals surface area (Å²) in [6, 6.07) is 22.0. The maximum Gasteiger partial charge on any atom is 0.264 e. The number of nitrogens with one attached hydrogen (secondary N) is 2. The molecule has 0 aliphatic carbocycles. The van der Waals surface area contributed by atoms with Crippen LogP contribution in [0, 0.1) is 0 Å². The Bertz CT molecular complexity index is 1260. The zero-order valence-electron chi connectivity index (χ0n) is 19.9. The topological polar surface area (TPSA) is 87.7 Å². The van der Waals surface area contributed by atoms with E-state index >= 15 is 0 Å². The Morgan fingerprint density at radius 1 is 1.00 bits per heavy atom. The monoisotopic (exact) mass is 511 g/mol. The van der Waals surface area contributed by atoms with E-state index < -0.39 is 10.0 Å². The van der Waals surface area contributed by atoms with Crippen molar-refractivity contribution in [2.75, 3.05) is 16.2 Å². The van der Waals surface area contributed by atoms with Crippen LogP contribution in [0.3, 0.4) is 0 Å². The Kier molecular flexibility index (Phi) is 8.84.